The molecule has 0 aliphatic rings. The lowest BCUT2D eigenvalue weighted by molar-refractivity contribution is -0.108. The molecular formula is C7H11NO. The SMILES string of the molecule is C=CC(=O)C=NC(C)C. The lowest BCUT2D eigenvalue weighted by atomic mass is 10.4. The van der Waals surface area contributed by atoms with Crippen molar-refractivity contribution in [1.29, 1.82) is 0 Å². The molecule has 0 N–H and O–H groups in total. The first-order chi connectivity index (χ1) is 4.16. The molecule has 2 nitrogen and oxygen atoms in total. The van der Waals surface area contributed by atoms with Gasteiger partial charge in [-0.05, 0) is 19.9 Å². The van der Waals surface area contributed by atoms with Gasteiger partial charge in [-0.25, -0.2) is 0 Å². The highest BCUT2D eigenvalue weighted by atomic mass is 16.1. The average Bonchev–Trinajstić information content (AvgIpc) is 1.83. The van der Waals surface area contributed by atoms with Crippen LogP contribution >= 0.6 is 0 Å². The maximum Gasteiger partial charge on any atom is 0.195 e. The van der Waals surface area contributed by atoms with Crippen LogP contribution in [0, 0.1) is 0 Å². The summed E-state index contributed by atoms with van der Waals surface area (Å²) in [6.45, 7) is 7.12. The van der Waals surface area contributed by atoms with E-state index in [1.165, 1.54) is 12.3 Å². The van der Waals surface area contributed by atoms with E-state index in [2.05, 4.69) is 11.6 Å². The van der Waals surface area contributed by atoms with Crippen molar-refractivity contribution >= 4 is 12.0 Å². The molecule has 0 saturated heterocycles. The maximum atomic E-state index is 10.4. The van der Waals surface area contributed by atoms with Gasteiger partial charge in [0.2, 0.25) is 0 Å². The van der Waals surface area contributed by atoms with Crippen molar-refractivity contribution in [1.82, 2.24) is 0 Å². The molecule has 0 rings (SSSR count). The fourth-order valence-corrected chi connectivity index (χ4v) is 0.275. The Labute approximate surface area is 55.3 Å². The Bertz CT molecular complexity index is 136. The van der Waals surface area contributed by atoms with Crippen molar-refractivity contribution in [3.63, 3.8) is 0 Å². The van der Waals surface area contributed by atoms with Crippen LogP contribution in [0.25, 0.3) is 0 Å². The summed E-state index contributed by atoms with van der Waals surface area (Å²) in [4.78, 5) is 14.3. The quantitative estimate of drug-likeness (QED) is 0.412. The molecule has 50 valence electrons. The number of hydrogen-bond donors (Lipinski definition) is 0. The molecule has 0 atom stereocenters. The second-order valence-electron chi connectivity index (χ2n) is 1.98. The van der Waals surface area contributed by atoms with Crippen molar-refractivity contribution in [2.45, 2.75) is 19.9 Å². The molecule has 0 unspecified atom stereocenters. The zero-order chi connectivity index (χ0) is 7.28. The fourth-order valence-electron chi connectivity index (χ4n) is 0.275. The van der Waals surface area contributed by atoms with Crippen molar-refractivity contribution < 1.29 is 4.79 Å². The molecule has 0 heterocycles. The van der Waals surface area contributed by atoms with Crippen LogP contribution in [0.5, 0.6) is 0 Å². The zero-order valence-corrected chi connectivity index (χ0v) is 5.79. The second kappa shape index (κ2) is 4.01. The Balaban J connectivity index is 3.70. The molecule has 0 spiro atoms. The number of aliphatic imine (C=N–C) groups is 1. The van der Waals surface area contributed by atoms with E-state index in [0.717, 1.165) is 0 Å². The molecule has 9 heavy (non-hydrogen) atoms. The molecule has 0 aliphatic carbocycles. The normalized spacial score (nSPS) is 10.6. The molecule has 2 heteroatoms. The predicted octanol–water partition coefficient (Wildman–Crippen LogP) is 1.22. The van der Waals surface area contributed by atoms with Crippen LogP contribution in [0.1, 0.15) is 13.8 Å². The summed E-state index contributed by atoms with van der Waals surface area (Å²) in [5, 5.41) is 0. The minimum absolute atomic E-state index is 0.135. The summed E-state index contributed by atoms with van der Waals surface area (Å²) >= 11 is 0. The van der Waals surface area contributed by atoms with E-state index in [1.807, 2.05) is 13.8 Å². The summed E-state index contributed by atoms with van der Waals surface area (Å²) < 4.78 is 0. The van der Waals surface area contributed by atoms with Gasteiger partial charge in [-0.1, -0.05) is 6.58 Å². The summed E-state index contributed by atoms with van der Waals surface area (Å²) in [7, 11) is 0. The number of nitrogens with zero attached hydrogens (tertiary/aromatic N) is 1. The monoisotopic (exact) mass is 125 g/mol. The first kappa shape index (κ1) is 8.08. The number of carbonyl (C=O) groups is 1. The molecule has 0 saturated carbocycles. The van der Waals surface area contributed by atoms with Crippen LogP contribution in [0.3, 0.4) is 0 Å². The predicted molar refractivity (Wildman–Crippen MR) is 38.8 cm³/mol. The fraction of sp³-hybridized carbons (Fsp3) is 0.429. The van der Waals surface area contributed by atoms with E-state index in [1.54, 1.807) is 0 Å². The molecule has 0 aromatic carbocycles. The third-order valence-electron chi connectivity index (χ3n) is 0.701. The van der Waals surface area contributed by atoms with Crippen LogP contribution in [0.2, 0.25) is 0 Å². The minimum Gasteiger partial charge on any atom is -0.288 e. The van der Waals surface area contributed by atoms with Gasteiger partial charge >= 0.3 is 0 Å². The topological polar surface area (TPSA) is 29.4 Å². The molecule has 0 aromatic heterocycles. The average molecular weight is 125 g/mol. The number of carbonyl (C=O) groups excluding carboxylic acids is 1. The number of allylic oxidation sites excluding steroid dienone is 1. The van der Waals surface area contributed by atoms with Crippen molar-refractivity contribution in [3.8, 4) is 0 Å². The van der Waals surface area contributed by atoms with Crippen LogP contribution in [-0.2, 0) is 4.79 Å². The molecule has 0 bridgehead atoms. The standard InChI is InChI=1S/C7H11NO/c1-4-7(9)5-8-6(2)3/h4-6H,1H2,2-3H3. The smallest absolute Gasteiger partial charge is 0.195 e. The van der Waals surface area contributed by atoms with Gasteiger partial charge in [-0.2, -0.15) is 0 Å². The number of rotatable bonds is 3. The minimum atomic E-state index is -0.135. The molecule has 0 fully saturated rings. The van der Waals surface area contributed by atoms with E-state index >= 15 is 0 Å². The summed E-state index contributed by atoms with van der Waals surface area (Å²) in [5.74, 6) is -0.135. The second-order valence-corrected chi connectivity index (χ2v) is 1.98. The van der Waals surface area contributed by atoms with Gasteiger partial charge in [0.15, 0.2) is 5.78 Å². The molecule has 0 radical (unpaired) electrons. The summed E-state index contributed by atoms with van der Waals surface area (Å²) in [5.41, 5.74) is 0. The van der Waals surface area contributed by atoms with Crippen molar-refractivity contribution in [2.24, 2.45) is 4.99 Å². The van der Waals surface area contributed by atoms with Gasteiger partial charge < -0.3 is 0 Å². The Morgan fingerprint density at radius 1 is 1.67 bits per heavy atom. The van der Waals surface area contributed by atoms with Crippen molar-refractivity contribution in [3.05, 3.63) is 12.7 Å². The third-order valence-corrected chi connectivity index (χ3v) is 0.701. The highest BCUT2D eigenvalue weighted by Gasteiger charge is 1.87. The van der Waals surface area contributed by atoms with Gasteiger partial charge in [0.1, 0.15) is 0 Å². The van der Waals surface area contributed by atoms with Crippen LogP contribution in [-0.4, -0.2) is 18.0 Å². The van der Waals surface area contributed by atoms with Gasteiger partial charge in [0.05, 0.1) is 6.21 Å². The number of ketones is 1. The van der Waals surface area contributed by atoms with E-state index in [-0.39, 0.29) is 11.8 Å². The van der Waals surface area contributed by atoms with Crippen LogP contribution < -0.4 is 0 Å². The molecular weight excluding hydrogens is 114 g/mol. The third kappa shape index (κ3) is 4.94. The van der Waals surface area contributed by atoms with Crippen molar-refractivity contribution in [2.75, 3.05) is 0 Å². The Hall–Kier alpha value is -0.920. The maximum absolute atomic E-state index is 10.4. The first-order valence-electron chi connectivity index (χ1n) is 2.86. The van der Waals surface area contributed by atoms with Gasteiger partial charge in [-0.15, -0.1) is 0 Å². The summed E-state index contributed by atoms with van der Waals surface area (Å²) in [6, 6.07) is 0.189. The van der Waals surface area contributed by atoms with Gasteiger partial charge in [0.25, 0.3) is 0 Å². The largest absolute Gasteiger partial charge is 0.288 e. The van der Waals surface area contributed by atoms with E-state index in [0.29, 0.717) is 0 Å². The highest BCUT2D eigenvalue weighted by molar-refractivity contribution is 6.32. The molecule has 0 aliphatic heterocycles. The number of hydrogen-bond acceptors (Lipinski definition) is 2. The molecule has 0 amide bonds. The van der Waals surface area contributed by atoms with Gasteiger partial charge in [-0.3, -0.25) is 9.79 Å². The first-order valence-corrected chi connectivity index (χ1v) is 2.86. The zero-order valence-electron chi connectivity index (χ0n) is 5.79. The van der Waals surface area contributed by atoms with Crippen LogP contribution in [0.15, 0.2) is 17.6 Å². The lowest BCUT2D eigenvalue weighted by Crippen LogP contribution is -1.96. The highest BCUT2D eigenvalue weighted by Crippen LogP contribution is 1.82. The van der Waals surface area contributed by atoms with E-state index < -0.39 is 0 Å². The van der Waals surface area contributed by atoms with E-state index in [4.69, 9.17) is 0 Å². The van der Waals surface area contributed by atoms with Crippen LogP contribution in [0.4, 0.5) is 0 Å². The Morgan fingerprint density at radius 2 is 2.22 bits per heavy atom. The Morgan fingerprint density at radius 3 is 2.56 bits per heavy atom. The van der Waals surface area contributed by atoms with E-state index in [9.17, 15) is 4.79 Å². The summed E-state index contributed by atoms with van der Waals surface area (Å²) in [6.07, 6.45) is 2.53. The van der Waals surface area contributed by atoms with Gasteiger partial charge in [0, 0.05) is 6.04 Å². The Kier molecular flexibility index (Phi) is 3.60. The lowest BCUT2D eigenvalue weighted by Gasteiger charge is -1.90. The molecule has 0 aromatic rings.